The molecule has 1 saturated carbocycles. The van der Waals surface area contributed by atoms with Crippen molar-refractivity contribution in [3.8, 4) is 11.6 Å². The normalized spacial score (nSPS) is 27.1. The van der Waals surface area contributed by atoms with Crippen LogP contribution in [0.15, 0.2) is 39.9 Å². The van der Waals surface area contributed by atoms with Crippen LogP contribution in [0.4, 0.5) is 0 Å². The van der Waals surface area contributed by atoms with E-state index in [9.17, 15) is 9.59 Å². The molecule has 0 amide bonds. The number of nitrogens with one attached hydrogen (secondary N) is 1. The first kappa shape index (κ1) is 16.2. The Morgan fingerprint density at radius 2 is 1.88 bits per heavy atom. The summed E-state index contributed by atoms with van der Waals surface area (Å²) in [6.07, 6.45) is 3.15. The number of para-hydroxylation sites is 1. The largest absolute Gasteiger partial charge is 0.472 e. The molecule has 1 aliphatic heterocycles. The van der Waals surface area contributed by atoms with Crippen LogP contribution in [0.5, 0.6) is 5.88 Å². The van der Waals surface area contributed by atoms with Gasteiger partial charge in [0.25, 0.3) is 5.56 Å². The van der Waals surface area contributed by atoms with Crippen LogP contribution in [0.3, 0.4) is 0 Å². The van der Waals surface area contributed by atoms with E-state index in [-0.39, 0.29) is 17.1 Å². The maximum atomic E-state index is 13.3. The van der Waals surface area contributed by atoms with Gasteiger partial charge in [0, 0.05) is 11.8 Å². The van der Waals surface area contributed by atoms with Crippen molar-refractivity contribution in [1.29, 1.82) is 0 Å². The molecule has 2 aliphatic rings. The van der Waals surface area contributed by atoms with Gasteiger partial charge in [0.05, 0.1) is 11.3 Å². The molecule has 0 bridgehead atoms. The summed E-state index contributed by atoms with van der Waals surface area (Å²) in [6, 6.07) is 9.07. The van der Waals surface area contributed by atoms with Crippen LogP contribution in [0.25, 0.3) is 5.69 Å². The van der Waals surface area contributed by atoms with Gasteiger partial charge < -0.3 is 4.74 Å². The van der Waals surface area contributed by atoms with E-state index in [0.717, 1.165) is 19.3 Å². The van der Waals surface area contributed by atoms with Gasteiger partial charge >= 0.3 is 5.69 Å². The van der Waals surface area contributed by atoms with Gasteiger partial charge in [-0.05, 0) is 44.7 Å². The fraction of sp³-hybridized carbons (Fsp3) is 0.500. The van der Waals surface area contributed by atoms with Crippen molar-refractivity contribution in [2.24, 2.45) is 11.8 Å². The lowest BCUT2D eigenvalue weighted by molar-refractivity contribution is -0.0190. The second-order valence-electron chi connectivity index (χ2n) is 7.99. The summed E-state index contributed by atoms with van der Waals surface area (Å²) in [5.74, 6) is 1.35. The lowest BCUT2D eigenvalue weighted by atomic mass is 9.65. The van der Waals surface area contributed by atoms with Gasteiger partial charge in [-0.2, -0.15) is 0 Å². The third-order valence-electron chi connectivity index (χ3n) is 5.86. The summed E-state index contributed by atoms with van der Waals surface area (Å²) in [5.41, 5.74) is 0.144. The van der Waals surface area contributed by atoms with Crippen LogP contribution in [0.1, 0.15) is 51.5 Å². The molecular weight excluding hydrogens is 316 g/mol. The van der Waals surface area contributed by atoms with Crippen molar-refractivity contribution in [3.05, 3.63) is 56.7 Å². The van der Waals surface area contributed by atoms with Crippen LogP contribution in [-0.2, 0) is 0 Å². The molecule has 5 nitrogen and oxygen atoms in total. The summed E-state index contributed by atoms with van der Waals surface area (Å²) in [6.45, 7) is 6.36. The highest BCUT2D eigenvalue weighted by Gasteiger charge is 2.48. The zero-order valence-electron chi connectivity index (χ0n) is 14.9. The van der Waals surface area contributed by atoms with Crippen LogP contribution in [0, 0.1) is 11.8 Å². The van der Waals surface area contributed by atoms with E-state index in [4.69, 9.17) is 4.74 Å². The third-order valence-corrected chi connectivity index (χ3v) is 5.86. The summed E-state index contributed by atoms with van der Waals surface area (Å²) >= 11 is 0. The monoisotopic (exact) mass is 340 g/mol. The summed E-state index contributed by atoms with van der Waals surface area (Å²) in [4.78, 5) is 28.7. The van der Waals surface area contributed by atoms with E-state index in [1.807, 2.05) is 18.2 Å². The van der Waals surface area contributed by atoms with Gasteiger partial charge in [-0.25, -0.2) is 9.36 Å². The van der Waals surface area contributed by atoms with Gasteiger partial charge in [-0.15, -0.1) is 0 Å². The minimum atomic E-state index is -0.451. The zero-order chi connectivity index (χ0) is 17.8. The van der Waals surface area contributed by atoms with Gasteiger partial charge in [-0.1, -0.05) is 31.5 Å². The molecule has 3 atom stereocenters. The molecule has 5 heteroatoms. The Morgan fingerprint density at radius 3 is 2.60 bits per heavy atom. The lowest BCUT2D eigenvalue weighted by Crippen LogP contribution is -2.51. The Hall–Kier alpha value is -2.30. The second kappa shape index (κ2) is 5.61. The molecule has 1 aliphatic carbocycles. The number of hydrogen-bond acceptors (Lipinski definition) is 3. The van der Waals surface area contributed by atoms with Crippen molar-refractivity contribution in [1.82, 2.24) is 9.55 Å². The predicted molar refractivity (Wildman–Crippen MR) is 96.6 cm³/mol. The Balaban J connectivity index is 1.95. The van der Waals surface area contributed by atoms with E-state index >= 15 is 0 Å². The van der Waals surface area contributed by atoms with Crippen molar-refractivity contribution in [2.45, 2.75) is 51.6 Å². The van der Waals surface area contributed by atoms with Crippen molar-refractivity contribution in [3.63, 3.8) is 0 Å². The molecule has 0 radical (unpaired) electrons. The maximum Gasteiger partial charge on any atom is 0.335 e. The fourth-order valence-corrected chi connectivity index (χ4v) is 4.62. The molecule has 1 aromatic heterocycles. The topological polar surface area (TPSA) is 64.1 Å². The van der Waals surface area contributed by atoms with Gasteiger partial charge in [-0.3, -0.25) is 9.78 Å². The van der Waals surface area contributed by atoms with Gasteiger partial charge in [0.2, 0.25) is 5.88 Å². The number of fused-ring (bicyclic) bond motifs is 3. The number of rotatable bonds is 1. The van der Waals surface area contributed by atoms with E-state index in [0.29, 0.717) is 29.0 Å². The number of aromatic amines is 1. The number of hydrogen-bond donors (Lipinski definition) is 1. The minimum absolute atomic E-state index is 0.127. The number of nitrogens with zero attached hydrogens (tertiary/aromatic N) is 1. The van der Waals surface area contributed by atoms with Gasteiger partial charge in [0.1, 0.15) is 5.60 Å². The smallest absolute Gasteiger partial charge is 0.335 e. The van der Waals surface area contributed by atoms with Crippen molar-refractivity contribution in [2.75, 3.05) is 0 Å². The average Bonchev–Trinajstić information content (AvgIpc) is 2.54. The van der Waals surface area contributed by atoms with E-state index in [1.165, 1.54) is 4.57 Å². The molecule has 1 aromatic carbocycles. The molecule has 4 rings (SSSR count). The first-order valence-electron chi connectivity index (χ1n) is 9.02. The Labute approximate surface area is 146 Å². The van der Waals surface area contributed by atoms with E-state index < -0.39 is 5.69 Å². The summed E-state index contributed by atoms with van der Waals surface area (Å²) < 4.78 is 7.34. The van der Waals surface area contributed by atoms with Crippen LogP contribution >= 0.6 is 0 Å². The highest BCUT2D eigenvalue weighted by Crippen LogP contribution is 2.50. The summed E-state index contributed by atoms with van der Waals surface area (Å²) in [7, 11) is 0. The number of benzene rings is 1. The molecule has 0 saturated heterocycles. The first-order chi connectivity index (χ1) is 11.9. The molecule has 1 N–H and O–H groups in total. The molecule has 2 heterocycles. The average molecular weight is 340 g/mol. The van der Waals surface area contributed by atoms with Crippen LogP contribution < -0.4 is 16.0 Å². The summed E-state index contributed by atoms with van der Waals surface area (Å²) in [5, 5.41) is 0. The first-order valence-corrected chi connectivity index (χ1v) is 9.02. The number of aromatic nitrogens is 2. The molecule has 25 heavy (non-hydrogen) atoms. The van der Waals surface area contributed by atoms with Crippen molar-refractivity contribution >= 4 is 0 Å². The van der Waals surface area contributed by atoms with Gasteiger partial charge in [0.15, 0.2) is 0 Å². The van der Waals surface area contributed by atoms with Crippen LogP contribution in [-0.4, -0.2) is 15.2 Å². The van der Waals surface area contributed by atoms with Crippen LogP contribution in [0.2, 0.25) is 0 Å². The lowest BCUT2D eigenvalue weighted by Gasteiger charge is -2.47. The highest BCUT2D eigenvalue weighted by molar-refractivity contribution is 5.38. The molecule has 0 spiro atoms. The maximum absolute atomic E-state index is 13.3. The van der Waals surface area contributed by atoms with Crippen molar-refractivity contribution < 1.29 is 4.74 Å². The third kappa shape index (κ3) is 2.53. The fourth-order valence-electron chi connectivity index (χ4n) is 4.62. The molecular formula is C20H24N2O3. The Kier molecular flexibility index (Phi) is 3.63. The number of ether oxygens (including phenoxy) is 1. The minimum Gasteiger partial charge on any atom is -0.472 e. The Bertz CT molecular complexity index is 911. The predicted octanol–water partition coefficient (Wildman–Crippen LogP) is 3.22. The van der Waals surface area contributed by atoms with E-state index in [2.05, 4.69) is 25.8 Å². The quantitative estimate of drug-likeness (QED) is 0.867. The molecule has 0 unspecified atom stereocenters. The SMILES string of the molecule is C[C@@H]1CC[C@@H]2[C@H](C1)c1c([nH]c(=O)n(-c3ccccc3)c1=O)OC2(C)C. The number of H-pyrrole nitrogens is 1. The Morgan fingerprint density at radius 1 is 1.16 bits per heavy atom. The zero-order valence-corrected chi connectivity index (χ0v) is 14.9. The molecule has 2 aromatic rings. The molecule has 1 fully saturated rings. The molecule has 132 valence electrons. The second-order valence-corrected chi connectivity index (χ2v) is 7.99. The highest BCUT2D eigenvalue weighted by atomic mass is 16.5. The van der Waals surface area contributed by atoms with E-state index in [1.54, 1.807) is 12.1 Å². The standard InChI is InChI=1S/C20H24N2O3/c1-12-9-10-15-14(11-12)16-17(25-20(15,2)3)21-19(24)22(18(16)23)13-7-5-4-6-8-13/h4-8,12,14-15H,9-11H2,1-3H3,(H,21,24)/t12-,14+,15-/m1/s1.